The van der Waals surface area contributed by atoms with Crippen LogP contribution >= 0.6 is 0 Å². The van der Waals surface area contributed by atoms with E-state index >= 15 is 0 Å². The van der Waals surface area contributed by atoms with Crippen molar-refractivity contribution in [2.45, 2.75) is 142 Å². The molecule has 240 valence electrons. The number of carbonyl (C=O) groups excluding carboxylic acids is 1. The number of benzene rings is 2. The lowest BCUT2D eigenvalue weighted by Gasteiger charge is -2.28. The highest BCUT2D eigenvalue weighted by atomic mass is 16.5. The Morgan fingerprint density at radius 3 is 1.51 bits per heavy atom. The Balaban J connectivity index is 1.23. The summed E-state index contributed by atoms with van der Waals surface area (Å²) in [5.74, 6) is 3.62. The molecule has 0 aliphatic heterocycles. The van der Waals surface area contributed by atoms with Crippen molar-refractivity contribution in [1.29, 1.82) is 0 Å². The maximum absolute atomic E-state index is 12.6. The molecular formula is C39H60O4. The van der Waals surface area contributed by atoms with Crippen molar-refractivity contribution < 1.29 is 19.0 Å². The van der Waals surface area contributed by atoms with Crippen molar-refractivity contribution in [1.82, 2.24) is 0 Å². The first-order chi connectivity index (χ1) is 21.2. The second kappa shape index (κ2) is 22.1. The van der Waals surface area contributed by atoms with Crippen LogP contribution in [0.3, 0.4) is 0 Å². The molecule has 0 atom stereocenters. The van der Waals surface area contributed by atoms with E-state index in [-0.39, 0.29) is 5.97 Å². The van der Waals surface area contributed by atoms with Crippen molar-refractivity contribution in [3.63, 3.8) is 0 Å². The smallest absolute Gasteiger partial charge is 0.343 e. The van der Waals surface area contributed by atoms with Crippen LogP contribution < -0.4 is 14.2 Å². The molecule has 43 heavy (non-hydrogen) atoms. The molecule has 0 spiro atoms. The highest BCUT2D eigenvalue weighted by Gasteiger charge is 2.20. The number of ether oxygens (including phenoxy) is 3. The molecule has 1 aliphatic carbocycles. The van der Waals surface area contributed by atoms with E-state index in [1.165, 1.54) is 116 Å². The van der Waals surface area contributed by atoms with Crippen LogP contribution in [0, 0.1) is 11.8 Å². The predicted molar refractivity (Wildman–Crippen MR) is 180 cm³/mol. The number of carbonyl (C=O) groups is 1. The number of esters is 1. The molecule has 1 aliphatic rings. The molecule has 0 radical (unpaired) electrons. The van der Waals surface area contributed by atoms with E-state index in [2.05, 4.69) is 13.8 Å². The van der Waals surface area contributed by atoms with Gasteiger partial charge in [-0.1, -0.05) is 123 Å². The molecule has 0 unspecified atom stereocenters. The van der Waals surface area contributed by atoms with Gasteiger partial charge in [-0.25, -0.2) is 4.79 Å². The van der Waals surface area contributed by atoms with E-state index in [1.54, 1.807) is 24.3 Å². The molecule has 0 heterocycles. The van der Waals surface area contributed by atoms with Gasteiger partial charge in [0.1, 0.15) is 17.2 Å². The zero-order valence-corrected chi connectivity index (χ0v) is 27.5. The first-order valence-electron chi connectivity index (χ1n) is 17.9. The third kappa shape index (κ3) is 15.2. The Hall–Kier alpha value is -2.49. The average Bonchev–Trinajstić information content (AvgIpc) is 3.04. The topological polar surface area (TPSA) is 44.8 Å². The predicted octanol–water partition coefficient (Wildman–Crippen LogP) is 11.8. The van der Waals surface area contributed by atoms with Crippen LogP contribution in [-0.2, 0) is 0 Å². The van der Waals surface area contributed by atoms with Gasteiger partial charge in [0.15, 0.2) is 0 Å². The summed E-state index contributed by atoms with van der Waals surface area (Å²) in [5, 5.41) is 0. The van der Waals surface area contributed by atoms with Gasteiger partial charge in [0.05, 0.1) is 18.8 Å². The molecule has 1 saturated carbocycles. The van der Waals surface area contributed by atoms with E-state index in [9.17, 15) is 4.79 Å². The molecule has 0 saturated heterocycles. The van der Waals surface area contributed by atoms with Gasteiger partial charge in [0.2, 0.25) is 0 Å². The van der Waals surface area contributed by atoms with E-state index in [4.69, 9.17) is 14.2 Å². The molecule has 0 amide bonds. The Labute approximate surface area is 263 Å². The van der Waals surface area contributed by atoms with Gasteiger partial charge < -0.3 is 14.2 Å². The van der Waals surface area contributed by atoms with Gasteiger partial charge in [-0.05, 0) is 79.6 Å². The SMILES string of the molecule is CCCCCCCCCCOc1ccc(C(=O)Oc2ccc(OCCC[C@H]3CC[C@H](CCCCCCC)CC3)cc2)cc1. The van der Waals surface area contributed by atoms with Gasteiger partial charge in [-0.15, -0.1) is 0 Å². The normalized spacial score (nSPS) is 16.6. The van der Waals surface area contributed by atoms with Crippen LogP contribution in [-0.4, -0.2) is 19.2 Å². The molecule has 0 N–H and O–H groups in total. The number of rotatable bonds is 23. The third-order valence-corrected chi connectivity index (χ3v) is 9.10. The Bertz CT molecular complexity index is 960. The van der Waals surface area contributed by atoms with Crippen molar-refractivity contribution in [3.8, 4) is 17.2 Å². The number of hydrogen-bond donors (Lipinski definition) is 0. The summed E-state index contributed by atoms with van der Waals surface area (Å²) in [6.07, 6.45) is 26.7. The molecule has 4 nitrogen and oxygen atoms in total. The second-order valence-corrected chi connectivity index (χ2v) is 12.8. The van der Waals surface area contributed by atoms with Gasteiger partial charge >= 0.3 is 5.97 Å². The van der Waals surface area contributed by atoms with Crippen LogP contribution in [0.1, 0.15) is 153 Å². The summed E-state index contributed by atoms with van der Waals surface area (Å²) >= 11 is 0. The minimum Gasteiger partial charge on any atom is -0.494 e. The van der Waals surface area contributed by atoms with Crippen molar-refractivity contribution in [2.24, 2.45) is 11.8 Å². The first-order valence-corrected chi connectivity index (χ1v) is 17.9. The molecule has 2 aromatic rings. The minimum absolute atomic E-state index is 0.366. The Morgan fingerprint density at radius 2 is 0.953 bits per heavy atom. The zero-order valence-electron chi connectivity index (χ0n) is 27.5. The minimum atomic E-state index is -0.366. The Kier molecular flexibility index (Phi) is 18.0. The summed E-state index contributed by atoms with van der Waals surface area (Å²) in [5.41, 5.74) is 0.515. The first kappa shape index (κ1) is 35.0. The summed E-state index contributed by atoms with van der Waals surface area (Å²) in [7, 11) is 0. The fourth-order valence-electron chi connectivity index (χ4n) is 6.29. The van der Waals surface area contributed by atoms with E-state index in [1.807, 2.05) is 24.3 Å². The Morgan fingerprint density at radius 1 is 0.535 bits per heavy atom. The van der Waals surface area contributed by atoms with E-state index in [0.717, 1.165) is 42.8 Å². The quantitative estimate of drug-likeness (QED) is 0.0731. The molecule has 2 aromatic carbocycles. The largest absolute Gasteiger partial charge is 0.494 e. The highest BCUT2D eigenvalue weighted by Crippen LogP contribution is 2.34. The highest BCUT2D eigenvalue weighted by molar-refractivity contribution is 5.91. The lowest BCUT2D eigenvalue weighted by molar-refractivity contribution is 0.0734. The average molecular weight is 593 g/mol. The molecule has 3 rings (SSSR count). The second-order valence-electron chi connectivity index (χ2n) is 12.8. The van der Waals surface area contributed by atoms with Crippen LogP contribution in [0.25, 0.3) is 0 Å². The van der Waals surface area contributed by atoms with Crippen LogP contribution in [0.4, 0.5) is 0 Å². The van der Waals surface area contributed by atoms with Gasteiger partial charge in [-0.2, -0.15) is 0 Å². The molecule has 1 fully saturated rings. The van der Waals surface area contributed by atoms with Gasteiger partial charge in [0.25, 0.3) is 0 Å². The third-order valence-electron chi connectivity index (χ3n) is 9.10. The zero-order chi connectivity index (χ0) is 30.4. The molecule has 4 heteroatoms. The molecule has 0 bridgehead atoms. The fourth-order valence-corrected chi connectivity index (χ4v) is 6.29. The lowest BCUT2D eigenvalue weighted by Crippen LogP contribution is -2.15. The summed E-state index contributed by atoms with van der Waals surface area (Å²) in [4.78, 5) is 12.6. The van der Waals surface area contributed by atoms with Gasteiger partial charge in [0, 0.05) is 0 Å². The lowest BCUT2D eigenvalue weighted by atomic mass is 9.78. The fraction of sp³-hybridized carbons (Fsp3) is 0.667. The van der Waals surface area contributed by atoms with E-state index in [0.29, 0.717) is 17.9 Å². The maximum Gasteiger partial charge on any atom is 0.343 e. The molecular weight excluding hydrogens is 532 g/mol. The maximum atomic E-state index is 12.6. The van der Waals surface area contributed by atoms with Crippen molar-refractivity contribution in [3.05, 3.63) is 54.1 Å². The van der Waals surface area contributed by atoms with Crippen LogP contribution in [0.2, 0.25) is 0 Å². The summed E-state index contributed by atoms with van der Waals surface area (Å²) in [6.45, 7) is 6.00. The summed E-state index contributed by atoms with van der Waals surface area (Å²) < 4.78 is 17.4. The van der Waals surface area contributed by atoms with Crippen molar-refractivity contribution in [2.75, 3.05) is 13.2 Å². The summed E-state index contributed by atoms with van der Waals surface area (Å²) in [6, 6.07) is 14.6. The number of unbranched alkanes of at least 4 members (excludes halogenated alkanes) is 11. The van der Waals surface area contributed by atoms with Crippen LogP contribution in [0.15, 0.2) is 48.5 Å². The van der Waals surface area contributed by atoms with Crippen molar-refractivity contribution >= 4 is 5.97 Å². The number of hydrogen-bond acceptors (Lipinski definition) is 4. The van der Waals surface area contributed by atoms with Gasteiger partial charge in [-0.3, -0.25) is 0 Å². The van der Waals surface area contributed by atoms with Crippen LogP contribution in [0.5, 0.6) is 17.2 Å². The monoisotopic (exact) mass is 592 g/mol. The van der Waals surface area contributed by atoms with E-state index < -0.39 is 0 Å². The standard InChI is InChI=1S/C39H60O4/c1-3-5-7-9-10-11-13-15-31-41-36-25-23-35(24-26-36)39(40)43-38-29-27-37(28-30-38)42-32-16-18-34-21-19-33(20-22-34)17-14-12-8-6-4-2/h23-30,33-34H,3-22,31-32H2,1-2H3/t33-,34-. The molecule has 0 aromatic heterocycles.